The normalized spacial score (nSPS) is 27.6. The molecule has 1 heterocycles. The van der Waals surface area contributed by atoms with E-state index < -0.39 is 0 Å². The van der Waals surface area contributed by atoms with Gasteiger partial charge in [0.2, 0.25) is 5.91 Å². The summed E-state index contributed by atoms with van der Waals surface area (Å²) in [6.07, 6.45) is 0. The van der Waals surface area contributed by atoms with Gasteiger partial charge in [0.25, 0.3) is 0 Å². The number of carbonyl (C=O) groups excluding carboxylic acids is 1. The van der Waals surface area contributed by atoms with Gasteiger partial charge in [0.1, 0.15) is 0 Å². The van der Waals surface area contributed by atoms with Crippen molar-refractivity contribution in [1.29, 1.82) is 0 Å². The Morgan fingerprint density at radius 2 is 1.92 bits per heavy atom. The molecule has 2 atom stereocenters. The van der Waals surface area contributed by atoms with Crippen molar-refractivity contribution in [3.8, 4) is 0 Å². The molecule has 0 spiro atoms. The lowest BCUT2D eigenvalue weighted by Crippen LogP contribution is -2.49. The summed E-state index contributed by atoms with van der Waals surface area (Å²) in [6.45, 7) is 1.95. The van der Waals surface area contributed by atoms with Crippen molar-refractivity contribution in [2.45, 2.75) is 13.0 Å². The van der Waals surface area contributed by atoms with Crippen molar-refractivity contribution in [3.63, 3.8) is 0 Å². The maximum absolute atomic E-state index is 10.9. The number of amides is 1. The largest absolute Gasteiger partial charge is 0.348 e. The van der Waals surface area contributed by atoms with Gasteiger partial charge in [-0.3, -0.25) is 4.79 Å². The number of hydrogen-bond acceptors (Lipinski definition) is 1. The van der Waals surface area contributed by atoms with Crippen LogP contribution >= 0.6 is 0 Å². The third-order valence-electron chi connectivity index (χ3n) is 2.37. The molecule has 1 saturated heterocycles. The van der Waals surface area contributed by atoms with E-state index in [0.717, 1.165) is 0 Å². The zero-order valence-corrected chi connectivity index (χ0v) is 6.95. The molecule has 0 aromatic heterocycles. The van der Waals surface area contributed by atoms with Gasteiger partial charge in [0.15, 0.2) is 0 Å². The summed E-state index contributed by atoms with van der Waals surface area (Å²) >= 11 is 0. The van der Waals surface area contributed by atoms with E-state index in [1.165, 1.54) is 5.56 Å². The zero-order chi connectivity index (χ0) is 8.55. The van der Waals surface area contributed by atoms with E-state index in [9.17, 15) is 4.79 Å². The molecular weight excluding hydrogens is 150 g/mol. The standard InChI is InChI=1S/C10H11NO/c1-7-9(11-10(7)12)8-5-3-2-4-6-8/h2-7,9H,1H3,(H,11,12)/t7-,9?/m1/s1. The van der Waals surface area contributed by atoms with Gasteiger partial charge in [-0.2, -0.15) is 0 Å². The van der Waals surface area contributed by atoms with Gasteiger partial charge >= 0.3 is 0 Å². The summed E-state index contributed by atoms with van der Waals surface area (Å²) < 4.78 is 0. The van der Waals surface area contributed by atoms with Gasteiger partial charge in [-0.25, -0.2) is 0 Å². The number of carbonyl (C=O) groups is 1. The Labute approximate surface area is 71.6 Å². The summed E-state index contributed by atoms with van der Waals surface area (Å²) in [7, 11) is 0. The number of nitrogens with one attached hydrogen (secondary N) is 1. The highest BCUT2D eigenvalue weighted by atomic mass is 16.2. The van der Waals surface area contributed by atoms with Crippen LogP contribution in [0.4, 0.5) is 0 Å². The molecule has 2 rings (SSSR count). The van der Waals surface area contributed by atoms with Crippen molar-refractivity contribution < 1.29 is 4.79 Å². The Morgan fingerprint density at radius 1 is 1.25 bits per heavy atom. The molecule has 12 heavy (non-hydrogen) atoms. The molecule has 2 heteroatoms. The third-order valence-corrected chi connectivity index (χ3v) is 2.37. The summed E-state index contributed by atoms with van der Waals surface area (Å²) in [4.78, 5) is 10.9. The van der Waals surface area contributed by atoms with Gasteiger partial charge in [-0.15, -0.1) is 0 Å². The van der Waals surface area contributed by atoms with Crippen LogP contribution in [0.5, 0.6) is 0 Å². The van der Waals surface area contributed by atoms with E-state index in [0.29, 0.717) is 0 Å². The summed E-state index contributed by atoms with van der Waals surface area (Å²) in [5.74, 6) is 0.288. The summed E-state index contributed by atoms with van der Waals surface area (Å²) in [5.41, 5.74) is 1.20. The molecule has 0 aliphatic carbocycles. The number of hydrogen-bond donors (Lipinski definition) is 1. The quantitative estimate of drug-likeness (QED) is 0.621. The molecule has 62 valence electrons. The molecule has 1 fully saturated rings. The third kappa shape index (κ3) is 0.998. The first-order valence-corrected chi connectivity index (χ1v) is 4.14. The maximum Gasteiger partial charge on any atom is 0.225 e. The van der Waals surface area contributed by atoms with Crippen LogP contribution in [0.1, 0.15) is 18.5 Å². The van der Waals surface area contributed by atoms with Crippen molar-refractivity contribution in [2.75, 3.05) is 0 Å². The first-order valence-electron chi connectivity index (χ1n) is 4.14. The Kier molecular flexibility index (Phi) is 1.61. The minimum atomic E-state index is 0.132. The predicted molar refractivity (Wildman–Crippen MR) is 46.5 cm³/mol. The lowest BCUT2D eigenvalue weighted by atomic mass is 9.87. The smallest absolute Gasteiger partial charge is 0.225 e. The molecule has 1 unspecified atom stereocenters. The van der Waals surface area contributed by atoms with Crippen LogP contribution in [0.15, 0.2) is 30.3 Å². The number of β-lactam (4-membered cyclic amide) rings is 1. The van der Waals surface area contributed by atoms with Crippen LogP contribution in [-0.2, 0) is 4.79 Å². The van der Waals surface area contributed by atoms with Gasteiger partial charge in [0.05, 0.1) is 12.0 Å². The van der Waals surface area contributed by atoms with Gasteiger partial charge in [-0.1, -0.05) is 37.3 Å². The van der Waals surface area contributed by atoms with Crippen LogP contribution in [0.2, 0.25) is 0 Å². The minimum Gasteiger partial charge on any atom is -0.348 e. The van der Waals surface area contributed by atoms with E-state index in [1.54, 1.807) is 0 Å². The fourth-order valence-corrected chi connectivity index (χ4v) is 1.50. The van der Waals surface area contributed by atoms with Crippen molar-refractivity contribution in [1.82, 2.24) is 5.32 Å². The van der Waals surface area contributed by atoms with Gasteiger partial charge < -0.3 is 5.32 Å². The van der Waals surface area contributed by atoms with Crippen molar-refractivity contribution in [3.05, 3.63) is 35.9 Å². The van der Waals surface area contributed by atoms with Crippen LogP contribution in [0, 0.1) is 5.92 Å². The summed E-state index contributed by atoms with van der Waals surface area (Å²) in [6, 6.07) is 10.3. The average Bonchev–Trinajstić information content (AvgIpc) is 2.15. The fourth-order valence-electron chi connectivity index (χ4n) is 1.50. The molecule has 0 saturated carbocycles. The number of benzene rings is 1. The average molecular weight is 161 g/mol. The Hall–Kier alpha value is -1.31. The molecule has 2 nitrogen and oxygen atoms in total. The number of rotatable bonds is 1. The monoisotopic (exact) mass is 161 g/mol. The van der Waals surface area contributed by atoms with Crippen LogP contribution in [-0.4, -0.2) is 5.91 Å². The Morgan fingerprint density at radius 3 is 2.42 bits per heavy atom. The first kappa shape index (κ1) is 7.35. The van der Waals surface area contributed by atoms with E-state index in [2.05, 4.69) is 5.32 Å². The van der Waals surface area contributed by atoms with Gasteiger partial charge in [0, 0.05) is 0 Å². The molecule has 1 aromatic carbocycles. The Bertz CT molecular complexity index is 294. The molecule has 0 radical (unpaired) electrons. The van der Waals surface area contributed by atoms with Crippen LogP contribution < -0.4 is 5.32 Å². The Balaban J connectivity index is 2.18. The minimum absolute atomic E-state index is 0.132. The molecule has 0 bridgehead atoms. The fraction of sp³-hybridized carbons (Fsp3) is 0.300. The lowest BCUT2D eigenvalue weighted by molar-refractivity contribution is -0.134. The topological polar surface area (TPSA) is 29.1 Å². The van der Waals surface area contributed by atoms with Crippen molar-refractivity contribution in [2.24, 2.45) is 5.92 Å². The molecule has 1 N–H and O–H groups in total. The van der Waals surface area contributed by atoms with Crippen LogP contribution in [0.25, 0.3) is 0 Å². The highest BCUT2D eigenvalue weighted by molar-refractivity contribution is 5.85. The molecule has 1 aliphatic heterocycles. The molecular formula is C10H11NO. The summed E-state index contributed by atoms with van der Waals surface area (Å²) in [5, 5.41) is 2.87. The van der Waals surface area contributed by atoms with Crippen LogP contribution in [0.3, 0.4) is 0 Å². The highest BCUT2D eigenvalue weighted by Crippen LogP contribution is 2.29. The SMILES string of the molecule is C[C@H]1C(=O)NC1c1ccccc1. The van der Waals surface area contributed by atoms with E-state index in [-0.39, 0.29) is 17.9 Å². The maximum atomic E-state index is 10.9. The van der Waals surface area contributed by atoms with E-state index in [4.69, 9.17) is 0 Å². The van der Waals surface area contributed by atoms with Crippen molar-refractivity contribution >= 4 is 5.91 Å². The van der Waals surface area contributed by atoms with Gasteiger partial charge in [-0.05, 0) is 5.56 Å². The first-order chi connectivity index (χ1) is 5.79. The second kappa shape index (κ2) is 2.63. The second-order valence-corrected chi connectivity index (χ2v) is 3.19. The second-order valence-electron chi connectivity index (χ2n) is 3.19. The highest BCUT2D eigenvalue weighted by Gasteiger charge is 2.35. The van der Waals surface area contributed by atoms with E-state index in [1.807, 2.05) is 37.3 Å². The zero-order valence-electron chi connectivity index (χ0n) is 6.95. The van der Waals surface area contributed by atoms with E-state index >= 15 is 0 Å². The molecule has 1 aliphatic rings. The molecule has 1 aromatic rings. The predicted octanol–water partition coefficient (Wildman–Crippen LogP) is 1.49. The lowest BCUT2D eigenvalue weighted by Gasteiger charge is -2.34. The molecule has 1 amide bonds.